The number of ketones is 1. The number of carbonyl (C=O) groups is 4. The Morgan fingerprint density at radius 2 is 0.709 bits per heavy atom. The van der Waals surface area contributed by atoms with Crippen LogP contribution in [-0.2, 0) is 28.7 Å². The van der Waals surface area contributed by atoms with Gasteiger partial charge in [0.05, 0.1) is 13.2 Å². The summed E-state index contributed by atoms with van der Waals surface area (Å²) in [6.45, 7) is 4.75. The maximum absolute atomic E-state index is 12.9. The van der Waals surface area contributed by atoms with Crippen LogP contribution in [0.2, 0.25) is 0 Å². The summed E-state index contributed by atoms with van der Waals surface area (Å²) < 4.78 is 11.2. The van der Waals surface area contributed by atoms with E-state index in [-0.39, 0.29) is 43.3 Å². The highest BCUT2D eigenvalue weighted by molar-refractivity contribution is 5.78. The Kier molecular flexibility index (Phi) is 42.7. The number of ether oxygens (including phenoxy) is 2. The molecule has 0 bridgehead atoms. The van der Waals surface area contributed by atoms with E-state index >= 15 is 0 Å². The SMILES string of the molecule is CCCCCCCC/C=C\CCCCCCCC(=O)CC(COC(=O)CCCCCCCC=O)COC(=O)CCCCCCC/C=C\CCCCCCCC. The lowest BCUT2D eigenvalue weighted by molar-refractivity contribution is -0.150. The van der Waals surface area contributed by atoms with Crippen molar-refractivity contribution in [3.63, 3.8) is 0 Å². The summed E-state index contributed by atoms with van der Waals surface area (Å²) in [6, 6.07) is 0. The second-order valence-electron chi connectivity index (χ2n) is 16.1. The Morgan fingerprint density at radius 1 is 0.400 bits per heavy atom. The van der Waals surface area contributed by atoms with Crippen LogP contribution < -0.4 is 0 Å². The van der Waals surface area contributed by atoms with E-state index in [4.69, 9.17) is 9.47 Å². The molecule has 0 N–H and O–H groups in total. The molecule has 0 aliphatic heterocycles. The number of allylic oxidation sites excluding steroid dienone is 4. The van der Waals surface area contributed by atoms with Crippen LogP contribution in [0.1, 0.15) is 245 Å². The fourth-order valence-corrected chi connectivity index (χ4v) is 6.92. The molecule has 0 radical (unpaired) electrons. The van der Waals surface area contributed by atoms with Gasteiger partial charge in [-0.1, -0.05) is 160 Å². The quantitative estimate of drug-likeness (QED) is 0.0265. The molecule has 0 aromatic carbocycles. The van der Waals surface area contributed by atoms with Crippen molar-refractivity contribution < 1.29 is 28.7 Å². The first-order chi connectivity index (χ1) is 27.0. The number of hydrogen-bond acceptors (Lipinski definition) is 6. The van der Waals surface area contributed by atoms with Crippen molar-refractivity contribution in [2.75, 3.05) is 13.2 Å². The van der Waals surface area contributed by atoms with Gasteiger partial charge in [-0.2, -0.15) is 0 Å². The molecule has 0 heterocycles. The van der Waals surface area contributed by atoms with E-state index in [9.17, 15) is 19.2 Å². The Hall–Kier alpha value is -2.24. The van der Waals surface area contributed by atoms with Gasteiger partial charge in [0.25, 0.3) is 0 Å². The van der Waals surface area contributed by atoms with Crippen molar-refractivity contribution in [1.29, 1.82) is 0 Å². The van der Waals surface area contributed by atoms with Gasteiger partial charge in [-0.05, 0) is 77.0 Å². The average Bonchev–Trinajstić information content (AvgIpc) is 3.18. The minimum atomic E-state index is -0.305. The van der Waals surface area contributed by atoms with E-state index in [2.05, 4.69) is 38.2 Å². The minimum Gasteiger partial charge on any atom is -0.465 e. The number of hydrogen-bond donors (Lipinski definition) is 0. The van der Waals surface area contributed by atoms with Crippen molar-refractivity contribution >= 4 is 24.0 Å². The molecule has 6 nitrogen and oxygen atoms in total. The molecule has 0 amide bonds. The van der Waals surface area contributed by atoms with Gasteiger partial charge in [-0.15, -0.1) is 0 Å². The maximum atomic E-state index is 12.9. The van der Waals surface area contributed by atoms with Crippen molar-refractivity contribution in [2.45, 2.75) is 245 Å². The molecule has 0 saturated carbocycles. The van der Waals surface area contributed by atoms with Gasteiger partial charge in [0, 0.05) is 38.0 Å². The van der Waals surface area contributed by atoms with Crippen LogP contribution in [0.25, 0.3) is 0 Å². The summed E-state index contributed by atoms with van der Waals surface area (Å²) in [5, 5.41) is 0. The first kappa shape index (κ1) is 52.8. The van der Waals surface area contributed by atoms with E-state index in [1.807, 2.05) is 0 Å². The smallest absolute Gasteiger partial charge is 0.305 e. The molecule has 0 aliphatic carbocycles. The lowest BCUT2D eigenvalue weighted by atomic mass is 10.00. The summed E-state index contributed by atoms with van der Waals surface area (Å²) in [4.78, 5) is 48.4. The fourth-order valence-electron chi connectivity index (χ4n) is 6.92. The number of Topliss-reactive ketones (excluding diaryl/α,β-unsaturated/α-hetero) is 1. The summed E-state index contributed by atoms with van der Waals surface area (Å²) in [5.74, 6) is -0.640. The van der Waals surface area contributed by atoms with Crippen molar-refractivity contribution in [3.8, 4) is 0 Å². The molecular formula is C49H88O6. The van der Waals surface area contributed by atoms with Crippen LogP contribution in [0.15, 0.2) is 24.3 Å². The number of rotatable bonds is 44. The molecule has 0 aromatic heterocycles. The Labute approximate surface area is 340 Å². The van der Waals surface area contributed by atoms with Gasteiger partial charge in [0.1, 0.15) is 12.1 Å². The molecule has 0 fully saturated rings. The highest BCUT2D eigenvalue weighted by atomic mass is 16.5. The van der Waals surface area contributed by atoms with Gasteiger partial charge >= 0.3 is 11.9 Å². The third-order valence-corrected chi connectivity index (χ3v) is 10.5. The zero-order valence-electron chi connectivity index (χ0n) is 36.3. The van der Waals surface area contributed by atoms with E-state index in [1.165, 1.54) is 116 Å². The Balaban J connectivity index is 4.30. The normalized spacial score (nSPS) is 12.1. The summed E-state index contributed by atoms with van der Waals surface area (Å²) >= 11 is 0. The maximum Gasteiger partial charge on any atom is 0.305 e. The average molecular weight is 773 g/mol. The largest absolute Gasteiger partial charge is 0.465 e. The molecule has 0 aromatic rings. The topological polar surface area (TPSA) is 86.7 Å². The fraction of sp³-hybridized carbons (Fsp3) is 0.837. The standard InChI is InChI=1S/C49H88O6/c1-3-5-7-9-11-13-15-17-19-21-23-25-27-31-35-39-47(51)43-46(45-55-49(53)41-37-33-29-30-34-38-42-50)44-54-48(52)40-36-32-28-26-24-22-20-18-16-14-12-10-8-6-4-2/h17-20,42,46H,3-16,21-41,43-45H2,1-2H3/b19-17-,20-18-. The third-order valence-electron chi connectivity index (χ3n) is 10.5. The summed E-state index contributed by atoms with van der Waals surface area (Å²) in [6.07, 6.45) is 48.7. The third kappa shape index (κ3) is 42.7. The van der Waals surface area contributed by atoms with Crippen molar-refractivity contribution in [2.24, 2.45) is 5.92 Å². The van der Waals surface area contributed by atoms with E-state index < -0.39 is 0 Å². The van der Waals surface area contributed by atoms with Crippen LogP contribution in [0.4, 0.5) is 0 Å². The molecule has 6 heteroatoms. The molecular weight excluding hydrogens is 685 g/mol. The molecule has 320 valence electrons. The van der Waals surface area contributed by atoms with Gasteiger partial charge in [-0.25, -0.2) is 0 Å². The van der Waals surface area contributed by atoms with Crippen LogP contribution in [-0.4, -0.2) is 37.2 Å². The number of esters is 2. The van der Waals surface area contributed by atoms with E-state index in [1.54, 1.807) is 0 Å². The number of aldehydes is 1. The van der Waals surface area contributed by atoms with Crippen LogP contribution in [0, 0.1) is 5.92 Å². The second kappa shape index (κ2) is 44.5. The van der Waals surface area contributed by atoms with Gasteiger partial charge in [0.2, 0.25) is 0 Å². The predicted octanol–water partition coefficient (Wildman–Crippen LogP) is 14.7. The highest BCUT2D eigenvalue weighted by Gasteiger charge is 2.19. The summed E-state index contributed by atoms with van der Waals surface area (Å²) in [7, 11) is 0. The highest BCUT2D eigenvalue weighted by Crippen LogP contribution is 2.16. The molecule has 0 aliphatic rings. The number of unbranched alkanes of at least 4 members (excludes halogenated alkanes) is 27. The zero-order chi connectivity index (χ0) is 40.1. The van der Waals surface area contributed by atoms with Crippen molar-refractivity contribution in [1.82, 2.24) is 0 Å². The van der Waals surface area contributed by atoms with Gasteiger partial charge in [0.15, 0.2) is 0 Å². The van der Waals surface area contributed by atoms with Crippen LogP contribution >= 0.6 is 0 Å². The minimum absolute atomic E-state index is 0.108. The zero-order valence-corrected chi connectivity index (χ0v) is 36.3. The van der Waals surface area contributed by atoms with Gasteiger partial charge < -0.3 is 14.3 Å². The Morgan fingerprint density at radius 3 is 1.07 bits per heavy atom. The van der Waals surface area contributed by atoms with Crippen LogP contribution in [0.5, 0.6) is 0 Å². The summed E-state index contributed by atoms with van der Waals surface area (Å²) in [5.41, 5.74) is 0. The van der Waals surface area contributed by atoms with Crippen molar-refractivity contribution in [3.05, 3.63) is 24.3 Å². The van der Waals surface area contributed by atoms with E-state index in [0.29, 0.717) is 25.7 Å². The predicted molar refractivity (Wildman–Crippen MR) is 232 cm³/mol. The second-order valence-corrected chi connectivity index (χ2v) is 16.1. The monoisotopic (exact) mass is 773 g/mol. The molecule has 0 saturated heterocycles. The molecule has 0 rings (SSSR count). The lowest BCUT2D eigenvalue weighted by Crippen LogP contribution is -2.23. The molecule has 0 spiro atoms. The molecule has 1 atom stereocenters. The Bertz CT molecular complexity index is 924. The van der Waals surface area contributed by atoms with Gasteiger partial charge in [-0.3, -0.25) is 14.4 Å². The molecule has 55 heavy (non-hydrogen) atoms. The first-order valence-electron chi connectivity index (χ1n) is 23.6. The van der Waals surface area contributed by atoms with Crippen LogP contribution in [0.3, 0.4) is 0 Å². The number of carbonyl (C=O) groups excluding carboxylic acids is 4. The first-order valence-corrected chi connectivity index (χ1v) is 23.6. The molecule has 1 unspecified atom stereocenters. The lowest BCUT2D eigenvalue weighted by Gasteiger charge is -2.17. The van der Waals surface area contributed by atoms with E-state index in [0.717, 1.165) is 89.8 Å².